The fourth-order valence-electron chi connectivity index (χ4n) is 4.35. The van der Waals surface area contributed by atoms with Gasteiger partial charge >= 0.3 is 0 Å². The maximum Gasteiger partial charge on any atom is 0.141 e. The zero-order valence-corrected chi connectivity index (χ0v) is 16.6. The molecule has 1 aliphatic carbocycles. The van der Waals surface area contributed by atoms with Crippen LogP contribution in [-0.2, 0) is 12.8 Å². The van der Waals surface area contributed by atoms with Crippen LogP contribution < -0.4 is 5.48 Å². The quantitative estimate of drug-likeness (QED) is 0.345. The van der Waals surface area contributed by atoms with Gasteiger partial charge in [0.15, 0.2) is 0 Å². The Morgan fingerprint density at radius 2 is 1.73 bits per heavy atom. The van der Waals surface area contributed by atoms with Crippen LogP contribution in [0.15, 0.2) is 91.1 Å². The highest BCUT2D eigenvalue weighted by molar-refractivity contribution is 5.81. The molecule has 0 unspecified atom stereocenters. The van der Waals surface area contributed by atoms with Crippen LogP contribution in [0.5, 0.6) is 0 Å². The standard InChI is InChI=1S/C26H23N3O/c1-18(28-30)13-14-19-7-6-10-22(15-19)26-27-24-11-4-5-12-25(24)29(26)23-16-20-8-2-3-9-21(20)17-23/h2-15,23,28,30H,1,16-17H2/b14-13+. The van der Waals surface area contributed by atoms with Gasteiger partial charge in [-0.2, -0.15) is 0 Å². The summed E-state index contributed by atoms with van der Waals surface area (Å²) in [5.41, 5.74) is 9.64. The monoisotopic (exact) mass is 393 g/mol. The number of hydroxylamine groups is 1. The highest BCUT2D eigenvalue weighted by Gasteiger charge is 2.26. The fourth-order valence-corrected chi connectivity index (χ4v) is 4.35. The molecule has 1 heterocycles. The van der Waals surface area contributed by atoms with E-state index in [1.165, 1.54) is 16.6 Å². The van der Waals surface area contributed by atoms with Crippen molar-refractivity contribution in [2.75, 3.05) is 0 Å². The van der Waals surface area contributed by atoms with Gasteiger partial charge in [0.2, 0.25) is 0 Å². The minimum absolute atomic E-state index is 0.349. The molecule has 4 nitrogen and oxygen atoms in total. The Hall–Kier alpha value is -3.63. The molecule has 148 valence electrons. The first-order valence-electron chi connectivity index (χ1n) is 10.1. The number of imidazole rings is 1. The Labute approximate surface area is 175 Å². The zero-order valence-electron chi connectivity index (χ0n) is 16.6. The van der Waals surface area contributed by atoms with Crippen LogP contribution in [-0.4, -0.2) is 14.8 Å². The summed E-state index contributed by atoms with van der Waals surface area (Å²) in [6.07, 6.45) is 5.71. The first-order valence-corrected chi connectivity index (χ1v) is 10.1. The van der Waals surface area contributed by atoms with Crippen molar-refractivity contribution in [1.29, 1.82) is 0 Å². The molecule has 4 aromatic rings. The van der Waals surface area contributed by atoms with E-state index < -0.39 is 0 Å². The molecular weight excluding hydrogens is 370 g/mol. The molecule has 0 spiro atoms. The summed E-state index contributed by atoms with van der Waals surface area (Å²) in [5, 5.41) is 8.94. The minimum Gasteiger partial charge on any atom is -0.320 e. The molecule has 3 aromatic carbocycles. The molecule has 0 fully saturated rings. The van der Waals surface area contributed by atoms with Gasteiger partial charge in [0.05, 0.1) is 16.7 Å². The number of fused-ring (bicyclic) bond motifs is 2. The molecule has 0 radical (unpaired) electrons. The lowest BCUT2D eigenvalue weighted by Gasteiger charge is -2.17. The second-order valence-electron chi connectivity index (χ2n) is 7.72. The van der Waals surface area contributed by atoms with Crippen LogP contribution >= 0.6 is 0 Å². The number of nitrogens with zero attached hydrogens (tertiary/aromatic N) is 2. The Bertz CT molecular complexity index is 1240. The zero-order chi connectivity index (χ0) is 20.5. The van der Waals surface area contributed by atoms with Crippen molar-refractivity contribution in [1.82, 2.24) is 15.0 Å². The number of aromatic nitrogens is 2. The molecule has 0 bridgehead atoms. The summed E-state index contributed by atoms with van der Waals surface area (Å²) >= 11 is 0. The second kappa shape index (κ2) is 7.65. The van der Waals surface area contributed by atoms with Gasteiger partial charge in [0, 0.05) is 11.6 Å². The molecule has 0 saturated heterocycles. The number of hydrogen-bond acceptors (Lipinski definition) is 3. The van der Waals surface area contributed by atoms with E-state index in [1.54, 1.807) is 6.08 Å². The molecule has 1 aliphatic rings. The SMILES string of the molecule is C=C(/C=C/c1cccc(-c2nc3ccccc3n2C2Cc3ccccc3C2)c1)NO. The lowest BCUT2D eigenvalue weighted by Crippen LogP contribution is -2.10. The van der Waals surface area contributed by atoms with E-state index in [2.05, 4.69) is 71.2 Å². The third kappa shape index (κ3) is 3.31. The van der Waals surface area contributed by atoms with Crippen LogP contribution in [0, 0.1) is 0 Å². The highest BCUT2D eigenvalue weighted by atomic mass is 16.5. The van der Waals surface area contributed by atoms with Crippen molar-refractivity contribution in [3.63, 3.8) is 0 Å². The molecule has 4 heteroatoms. The molecule has 0 amide bonds. The lowest BCUT2D eigenvalue weighted by atomic mass is 10.1. The number of para-hydroxylation sites is 2. The van der Waals surface area contributed by atoms with Crippen LogP contribution in [0.2, 0.25) is 0 Å². The Balaban J connectivity index is 1.60. The van der Waals surface area contributed by atoms with Crippen LogP contribution in [0.4, 0.5) is 0 Å². The van der Waals surface area contributed by atoms with Gasteiger partial charge in [-0.25, -0.2) is 4.98 Å². The van der Waals surface area contributed by atoms with Gasteiger partial charge in [0.1, 0.15) is 5.82 Å². The molecule has 0 saturated carbocycles. The Morgan fingerprint density at radius 1 is 1.00 bits per heavy atom. The molecule has 0 atom stereocenters. The third-order valence-corrected chi connectivity index (χ3v) is 5.76. The normalized spacial score (nSPS) is 13.8. The van der Waals surface area contributed by atoms with Crippen LogP contribution in [0.25, 0.3) is 28.5 Å². The van der Waals surface area contributed by atoms with Crippen molar-refractivity contribution in [2.45, 2.75) is 18.9 Å². The van der Waals surface area contributed by atoms with E-state index >= 15 is 0 Å². The minimum atomic E-state index is 0.349. The maximum atomic E-state index is 8.94. The molecule has 0 aliphatic heterocycles. The molecular formula is C26H23N3O. The first kappa shape index (κ1) is 18.4. The van der Waals surface area contributed by atoms with Crippen LogP contribution in [0.3, 0.4) is 0 Å². The smallest absolute Gasteiger partial charge is 0.141 e. The van der Waals surface area contributed by atoms with Gasteiger partial charge in [-0.3, -0.25) is 10.7 Å². The number of nitrogens with one attached hydrogen (secondary N) is 1. The second-order valence-corrected chi connectivity index (χ2v) is 7.72. The van der Waals surface area contributed by atoms with Gasteiger partial charge in [-0.05, 0) is 53.8 Å². The molecule has 30 heavy (non-hydrogen) atoms. The highest BCUT2D eigenvalue weighted by Crippen LogP contribution is 2.36. The van der Waals surface area contributed by atoms with Gasteiger partial charge in [0.25, 0.3) is 0 Å². The van der Waals surface area contributed by atoms with E-state index in [0.717, 1.165) is 35.3 Å². The lowest BCUT2D eigenvalue weighted by molar-refractivity contribution is 0.205. The van der Waals surface area contributed by atoms with Gasteiger partial charge in [-0.15, -0.1) is 0 Å². The van der Waals surface area contributed by atoms with E-state index in [0.29, 0.717) is 11.7 Å². The average molecular weight is 393 g/mol. The maximum absolute atomic E-state index is 8.94. The summed E-state index contributed by atoms with van der Waals surface area (Å²) in [6.45, 7) is 3.72. The van der Waals surface area contributed by atoms with Crippen LogP contribution in [0.1, 0.15) is 22.7 Å². The summed E-state index contributed by atoms with van der Waals surface area (Å²) in [5.74, 6) is 0.989. The summed E-state index contributed by atoms with van der Waals surface area (Å²) in [6, 6.07) is 25.7. The van der Waals surface area contributed by atoms with E-state index in [1.807, 2.05) is 24.3 Å². The molecule has 2 N–H and O–H groups in total. The number of hydrogen-bond donors (Lipinski definition) is 2. The summed E-state index contributed by atoms with van der Waals surface area (Å²) in [7, 11) is 0. The number of rotatable bonds is 5. The van der Waals surface area contributed by atoms with Crippen molar-refractivity contribution in [3.05, 3.63) is 108 Å². The van der Waals surface area contributed by atoms with E-state index in [4.69, 9.17) is 10.2 Å². The number of allylic oxidation sites excluding steroid dienone is 1. The topological polar surface area (TPSA) is 50.1 Å². The Morgan fingerprint density at radius 3 is 2.50 bits per heavy atom. The van der Waals surface area contributed by atoms with Crippen molar-refractivity contribution in [2.24, 2.45) is 0 Å². The first-order chi connectivity index (χ1) is 14.7. The van der Waals surface area contributed by atoms with E-state index in [-0.39, 0.29) is 0 Å². The average Bonchev–Trinajstić information content (AvgIpc) is 3.38. The van der Waals surface area contributed by atoms with Gasteiger partial charge in [-0.1, -0.05) is 67.3 Å². The number of benzene rings is 3. The fraction of sp³-hybridized carbons (Fsp3) is 0.115. The van der Waals surface area contributed by atoms with Crippen molar-refractivity contribution >= 4 is 17.1 Å². The van der Waals surface area contributed by atoms with E-state index in [9.17, 15) is 0 Å². The predicted molar refractivity (Wildman–Crippen MR) is 121 cm³/mol. The van der Waals surface area contributed by atoms with Gasteiger partial charge < -0.3 is 4.57 Å². The summed E-state index contributed by atoms with van der Waals surface area (Å²) in [4.78, 5) is 5.01. The molecule has 1 aromatic heterocycles. The van der Waals surface area contributed by atoms with Crippen molar-refractivity contribution in [3.8, 4) is 11.4 Å². The summed E-state index contributed by atoms with van der Waals surface area (Å²) < 4.78 is 2.41. The largest absolute Gasteiger partial charge is 0.320 e. The molecule has 5 rings (SSSR count). The van der Waals surface area contributed by atoms with Crippen molar-refractivity contribution < 1.29 is 5.21 Å². The Kier molecular flexibility index (Phi) is 4.69. The predicted octanol–water partition coefficient (Wildman–Crippen LogP) is 5.55. The third-order valence-electron chi connectivity index (χ3n) is 5.76.